The molecule has 13 aromatic rings. The summed E-state index contributed by atoms with van der Waals surface area (Å²) >= 11 is 3.81. The molecule has 0 bridgehead atoms. The van der Waals surface area contributed by atoms with Gasteiger partial charge in [0.1, 0.15) is 0 Å². The Hall–Kier alpha value is -6.84. The molecule has 268 valence electrons. The Labute approximate surface area is 342 Å². The number of hydrogen-bond donors (Lipinski definition) is 0. The van der Waals surface area contributed by atoms with Crippen LogP contribution in [0.5, 0.6) is 0 Å². The Morgan fingerprint density at radius 1 is 0.241 bits per heavy atom. The minimum absolute atomic E-state index is 1.24. The van der Waals surface area contributed by atoms with Crippen molar-refractivity contribution in [1.29, 1.82) is 0 Å². The second kappa shape index (κ2) is 12.3. The van der Waals surface area contributed by atoms with Crippen molar-refractivity contribution < 1.29 is 0 Å². The molecule has 0 aliphatic heterocycles. The predicted octanol–water partition coefficient (Wildman–Crippen LogP) is 17.2. The van der Waals surface area contributed by atoms with Gasteiger partial charge in [0, 0.05) is 45.9 Å². The first-order chi connectivity index (χ1) is 28.7. The van der Waals surface area contributed by atoms with E-state index in [9.17, 15) is 0 Å². The summed E-state index contributed by atoms with van der Waals surface area (Å²) in [5.74, 6) is 0. The smallest absolute Gasteiger partial charge is 0.0434 e. The summed E-state index contributed by atoms with van der Waals surface area (Å²) in [4.78, 5) is 0. The van der Waals surface area contributed by atoms with Gasteiger partial charge >= 0.3 is 0 Å². The van der Waals surface area contributed by atoms with E-state index in [-0.39, 0.29) is 0 Å². The normalized spacial score (nSPS) is 12.1. The van der Waals surface area contributed by atoms with Crippen LogP contribution in [0.1, 0.15) is 0 Å². The van der Waals surface area contributed by atoms with Crippen LogP contribution in [0, 0.1) is 0 Å². The average molecular weight is 769 g/mol. The zero-order chi connectivity index (χ0) is 37.9. The molecule has 2 heteroatoms. The first-order valence-corrected chi connectivity index (χ1v) is 21.5. The molecule has 0 aliphatic carbocycles. The van der Waals surface area contributed by atoms with Gasteiger partial charge in [-0.2, -0.15) is 0 Å². The summed E-state index contributed by atoms with van der Waals surface area (Å²) in [5.41, 5.74) is 7.54. The lowest BCUT2D eigenvalue weighted by atomic mass is 9.89. The average Bonchev–Trinajstić information content (AvgIpc) is 3.86. The van der Waals surface area contributed by atoms with Gasteiger partial charge in [-0.05, 0) is 124 Å². The van der Waals surface area contributed by atoms with Crippen molar-refractivity contribution in [3.8, 4) is 33.4 Å². The Balaban J connectivity index is 1.11. The highest BCUT2D eigenvalue weighted by atomic mass is 32.1. The van der Waals surface area contributed by atoms with Gasteiger partial charge < -0.3 is 0 Å². The van der Waals surface area contributed by atoms with Crippen LogP contribution in [-0.2, 0) is 0 Å². The third kappa shape index (κ3) is 4.68. The SMILES string of the molecule is c1ccc2c(-c3ccc4sc5c(-c6ccc7c(c6)c6ccccc6c6c7ccc7sc8ccccc8c76)cc(-c6cccc7ccccc67)cc5c4c3)cccc2c1. The van der Waals surface area contributed by atoms with Gasteiger partial charge in [0.2, 0.25) is 0 Å². The Morgan fingerprint density at radius 3 is 1.55 bits per heavy atom. The molecule has 0 radical (unpaired) electrons. The Kier molecular flexibility index (Phi) is 6.86. The van der Waals surface area contributed by atoms with Crippen LogP contribution in [0.15, 0.2) is 194 Å². The van der Waals surface area contributed by atoms with E-state index in [0.29, 0.717) is 0 Å². The van der Waals surface area contributed by atoms with Gasteiger partial charge in [-0.15, -0.1) is 22.7 Å². The number of rotatable bonds is 3. The van der Waals surface area contributed by atoms with Crippen molar-refractivity contribution in [2.75, 3.05) is 0 Å². The quantitative estimate of drug-likeness (QED) is 0.157. The number of fused-ring (bicyclic) bond motifs is 15. The van der Waals surface area contributed by atoms with Crippen molar-refractivity contribution in [3.05, 3.63) is 194 Å². The van der Waals surface area contributed by atoms with E-state index in [1.54, 1.807) is 0 Å². The lowest BCUT2D eigenvalue weighted by Gasteiger charge is -2.15. The highest BCUT2D eigenvalue weighted by Gasteiger charge is 2.19. The van der Waals surface area contributed by atoms with Crippen LogP contribution in [0.3, 0.4) is 0 Å². The van der Waals surface area contributed by atoms with Gasteiger partial charge in [0.25, 0.3) is 0 Å². The molecule has 0 saturated heterocycles. The molecule has 2 aromatic heterocycles. The van der Waals surface area contributed by atoms with Crippen LogP contribution in [-0.4, -0.2) is 0 Å². The summed E-state index contributed by atoms with van der Waals surface area (Å²) in [7, 11) is 0. The predicted molar refractivity (Wildman–Crippen MR) is 256 cm³/mol. The largest absolute Gasteiger partial charge is 0.135 e. The maximum atomic E-state index is 2.47. The zero-order valence-electron chi connectivity index (χ0n) is 31.3. The second-order valence-corrected chi connectivity index (χ2v) is 17.7. The van der Waals surface area contributed by atoms with Crippen molar-refractivity contribution in [1.82, 2.24) is 0 Å². The van der Waals surface area contributed by atoms with Crippen LogP contribution in [0.2, 0.25) is 0 Å². The molecule has 13 rings (SSSR count). The van der Waals surface area contributed by atoms with Crippen molar-refractivity contribution in [2.24, 2.45) is 0 Å². The molecule has 58 heavy (non-hydrogen) atoms. The van der Waals surface area contributed by atoms with E-state index in [2.05, 4.69) is 194 Å². The van der Waals surface area contributed by atoms with E-state index in [0.717, 1.165) is 0 Å². The molecule has 0 amide bonds. The highest BCUT2D eigenvalue weighted by Crippen LogP contribution is 2.48. The molecule has 0 aliphatic rings. The van der Waals surface area contributed by atoms with Crippen LogP contribution in [0.4, 0.5) is 0 Å². The third-order valence-corrected chi connectivity index (χ3v) is 14.8. The zero-order valence-corrected chi connectivity index (χ0v) is 32.9. The van der Waals surface area contributed by atoms with Crippen molar-refractivity contribution >= 4 is 117 Å². The summed E-state index contributed by atoms with van der Waals surface area (Å²) in [6, 6.07) is 72.7. The first kappa shape index (κ1) is 32.3. The standard InChI is InChI=1S/C56H32S2/c1-3-15-38-33(11-1)13-9-20-40(38)35-24-27-52-49(30-35)50-32-37(41-21-10-14-34-12-2-4-16-39(34)41)31-47(56(50)58-52)36-23-25-43-45-26-28-53-55(46-19-7-8-22-51(46)57-53)54(45)44-18-6-5-17-42(44)48(43)29-36/h1-32H. The molecule has 0 N–H and O–H groups in total. The maximum Gasteiger partial charge on any atom is 0.0434 e. The molecule has 0 saturated carbocycles. The number of benzene rings is 11. The number of thiophene rings is 2. The van der Waals surface area contributed by atoms with Crippen LogP contribution in [0.25, 0.3) is 128 Å². The molecule has 11 aromatic carbocycles. The van der Waals surface area contributed by atoms with E-state index in [1.165, 1.54) is 128 Å². The molecule has 0 atom stereocenters. The molecule has 0 nitrogen and oxygen atoms in total. The van der Waals surface area contributed by atoms with Gasteiger partial charge in [0.15, 0.2) is 0 Å². The van der Waals surface area contributed by atoms with Crippen LogP contribution >= 0.6 is 22.7 Å². The minimum atomic E-state index is 1.24. The van der Waals surface area contributed by atoms with Crippen molar-refractivity contribution in [2.45, 2.75) is 0 Å². The van der Waals surface area contributed by atoms with Crippen LogP contribution < -0.4 is 0 Å². The lowest BCUT2D eigenvalue weighted by molar-refractivity contribution is 1.68. The minimum Gasteiger partial charge on any atom is -0.135 e. The molecule has 0 unspecified atom stereocenters. The van der Waals surface area contributed by atoms with E-state index >= 15 is 0 Å². The fourth-order valence-corrected chi connectivity index (χ4v) is 12.1. The second-order valence-electron chi connectivity index (χ2n) is 15.5. The van der Waals surface area contributed by atoms with Gasteiger partial charge in [-0.3, -0.25) is 0 Å². The summed E-state index contributed by atoms with van der Waals surface area (Å²) in [6.45, 7) is 0. The van der Waals surface area contributed by atoms with E-state index < -0.39 is 0 Å². The van der Waals surface area contributed by atoms with E-state index in [4.69, 9.17) is 0 Å². The fraction of sp³-hybridized carbons (Fsp3) is 0. The molecular weight excluding hydrogens is 737 g/mol. The lowest BCUT2D eigenvalue weighted by Crippen LogP contribution is -1.88. The molecule has 0 fully saturated rings. The van der Waals surface area contributed by atoms with E-state index in [1.807, 2.05) is 22.7 Å². The Morgan fingerprint density at radius 2 is 0.759 bits per heavy atom. The summed E-state index contributed by atoms with van der Waals surface area (Å²) in [6.07, 6.45) is 0. The fourth-order valence-electron chi connectivity index (χ4n) is 9.80. The highest BCUT2D eigenvalue weighted by molar-refractivity contribution is 7.26. The maximum absolute atomic E-state index is 2.47. The van der Waals surface area contributed by atoms with Gasteiger partial charge in [-0.1, -0.05) is 152 Å². The monoisotopic (exact) mass is 768 g/mol. The molecule has 0 spiro atoms. The topological polar surface area (TPSA) is 0 Å². The third-order valence-electron chi connectivity index (χ3n) is 12.4. The summed E-state index contributed by atoms with van der Waals surface area (Å²) < 4.78 is 5.31. The first-order valence-electron chi connectivity index (χ1n) is 19.9. The van der Waals surface area contributed by atoms with Gasteiger partial charge in [-0.25, -0.2) is 0 Å². The van der Waals surface area contributed by atoms with Crippen molar-refractivity contribution in [3.63, 3.8) is 0 Å². The molecule has 2 heterocycles. The number of hydrogen-bond acceptors (Lipinski definition) is 2. The van der Waals surface area contributed by atoms with Gasteiger partial charge in [0.05, 0.1) is 0 Å². The Bertz CT molecular complexity index is 3830. The molecular formula is C56H32S2. The summed E-state index contributed by atoms with van der Waals surface area (Å²) in [5, 5.41) is 18.3.